The topological polar surface area (TPSA) is 38.3 Å². The van der Waals surface area contributed by atoms with Gasteiger partial charge in [0.2, 0.25) is 0 Å². The maximum atomic E-state index is 11.3. The zero-order valence-electron chi connectivity index (χ0n) is 11.5. The predicted octanol–water partition coefficient (Wildman–Crippen LogP) is 3.85. The number of carbonyl (C=O) groups excluding carboxylic acids is 1. The SMILES string of the molecule is CCCC(CCC)Nc1ccc(C(=O)OC)cc1. The number of benzene rings is 1. The first kappa shape index (κ1) is 14.6. The third-order valence-corrected chi connectivity index (χ3v) is 2.95. The number of esters is 1. The van der Waals surface area contributed by atoms with Crippen molar-refractivity contribution in [2.24, 2.45) is 0 Å². The van der Waals surface area contributed by atoms with Crippen molar-refractivity contribution in [1.82, 2.24) is 0 Å². The van der Waals surface area contributed by atoms with Crippen LogP contribution in [0.15, 0.2) is 24.3 Å². The molecule has 0 spiro atoms. The smallest absolute Gasteiger partial charge is 0.337 e. The van der Waals surface area contributed by atoms with Gasteiger partial charge in [-0.1, -0.05) is 26.7 Å². The molecule has 1 rings (SSSR count). The summed E-state index contributed by atoms with van der Waals surface area (Å²) in [5.41, 5.74) is 1.65. The molecule has 3 heteroatoms. The van der Waals surface area contributed by atoms with Gasteiger partial charge in [-0.15, -0.1) is 0 Å². The molecule has 1 aromatic carbocycles. The van der Waals surface area contributed by atoms with Crippen LogP contribution >= 0.6 is 0 Å². The standard InChI is InChI=1S/C15H23NO2/c1-4-6-13(7-5-2)16-14-10-8-12(9-11-14)15(17)18-3/h8-11,13,16H,4-7H2,1-3H3. The van der Waals surface area contributed by atoms with E-state index >= 15 is 0 Å². The third kappa shape index (κ3) is 4.40. The molecule has 0 bridgehead atoms. The largest absolute Gasteiger partial charge is 0.465 e. The Bertz CT molecular complexity index is 353. The van der Waals surface area contributed by atoms with Crippen LogP contribution in [0.4, 0.5) is 5.69 Å². The molecule has 0 saturated heterocycles. The Balaban J connectivity index is 2.63. The second-order valence-corrected chi connectivity index (χ2v) is 4.49. The van der Waals surface area contributed by atoms with E-state index in [0.717, 1.165) is 5.69 Å². The Hall–Kier alpha value is -1.51. The summed E-state index contributed by atoms with van der Waals surface area (Å²) >= 11 is 0. The minimum Gasteiger partial charge on any atom is -0.465 e. The first-order valence-electron chi connectivity index (χ1n) is 6.66. The second kappa shape index (κ2) is 7.75. The van der Waals surface area contributed by atoms with Gasteiger partial charge < -0.3 is 10.1 Å². The van der Waals surface area contributed by atoms with Gasteiger partial charge in [-0.2, -0.15) is 0 Å². The summed E-state index contributed by atoms with van der Waals surface area (Å²) in [6.07, 6.45) is 4.70. The summed E-state index contributed by atoms with van der Waals surface area (Å²) in [5, 5.41) is 3.51. The Morgan fingerprint density at radius 1 is 1.17 bits per heavy atom. The molecule has 0 aliphatic carbocycles. The number of hydrogen-bond acceptors (Lipinski definition) is 3. The Morgan fingerprint density at radius 2 is 1.72 bits per heavy atom. The van der Waals surface area contributed by atoms with Gasteiger partial charge >= 0.3 is 5.97 Å². The lowest BCUT2D eigenvalue weighted by Gasteiger charge is -2.18. The van der Waals surface area contributed by atoms with E-state index in [1.54, 1.807) is 12.1 Å². The summed E-state index contributed by atoms with van der Waals surface area (Å²) in [4.78, 5) is 11.3. The molecule has 0 aliphatic rings. The molecule has 3 nitrogen and oxygen atoms in total. The van der Waals surface area contributed by atoms with Crippen molar-refractivity contribution in [2.45, 2.75) is 45.6 Å². The summed E-state index contributed by atoms with van der Waals surface area (Å²) in [6, 6.07) is 7.98. The van der Waals surface area contributed by atoms with Crippen LogP contribution in [0, 0.1) is 0 Å². The lowest BCUT2D eigenvalue weighted by molar-refractivity contribution is 0.0601. The Labute approximate surface area is 110 Å². The average Bonchev–Trinajstić information content (AvgIpc) is 2.39. The van der Waals surface area contributed by atoms with Crippen LogP contribution in [0.25, 0.3) is 0 Å². The zero-order valence-corrected chi connectivity index (χ0v) is 11.5. The number of nitrogens with one attached hydrogen (secondary N) is 1. The van der Waals surface area contributed by atoms with E-state index in [-0.39, 0.29) is 5.97 Å². The van der Waals surface area contributed by atoms with E-state index in [1.807, 2.05) is 12.1 Å². The number of carbonyl (C=O) groups is 1. The van der Waals surface area contributed by atoms with Crippen LogP contribution in [-0.4, -0.2) is 19.1 Å². The molecule has 18 heavy (non-hydrogen) atoms. The molecule has 1 aromatic rings. The molecular weight excluding hydrogens is 226 g/mol. The summed E-state index contributed by atoms with van der Waals surface area (Å²) in [5.74, 6) is -0.291. The van der Waals surface area contributed by atoms with Gasteiger partial charge in [0.1, 0.15) is 0 Å². The van der Waals surface area contributed by atoms with Gasteiger partial charge in [-0.05, 0) is 37.1 Å². The van der Waals surface area contributed by atoms with Crippen molar-refractivity contribution in [3.05, 3.63) is 29.8 Å². The zero-order chi connectivity index (χ0) is 13.4. The van der Waals surface area contributed by atoms with Crippen LogP contribution < -0.4 is 5.32 Å². The first-order valence-corrected chi connectivity index (χ1v) is 6.66. The van der Waals surface area contributed by atoms with E-state index in [1.165, 1.54) is 32.8 Å². The Morgan fingerprint density at radius 3 is 2.17 bits per heavy atom. The molecule has 0 saturated carbocycles. The molecule has 0 fully saturated rings. The lowest BCUT2D eigenvalue weighted by atomic mass is 10.1. The Kier molecular flexibility index (Phi) is 6.26. The molecule has 0 aromatic heterocycles. The van der Waals surface area contributed by atoms with Crippen molar-refractivity contribution < 1.29 is 9.53 Å². The normalized spacial score (nSPS) is 10.4. The summed E-state index contributed by atoms with van der Waals surface area (Å²) in [6.45, 7) is 4.40. The van der Waals surface area contributed by atoms with Crippen molar-refractivity contribution >= 4 is 11.7 Å². The van der Waals surface area contributed by atoms with E-state index in [9.17, 15) is 4.79 Å². The molecule has 0 heterocycles. The van der Waals surface area contributed by atoms with Crippen molar-refractivity contribution in [1.29, 1.82) is 0 Å². The van der Waals surface area contributed by atoms with Gasteiger partial charge in [0.05, 0.1) is 12.7 Å². The van der Waals surface area contributed by atoms with Crippen molar-refractivity contribution in [3.63, 3.8) is 0 Å². The monoisotopic (exact) mass is 249 g/mol. The molecule has 0 aliphatic heterocycles. The highest BCUT2D eigenvalue weighted by atomic mass is 16.5. The highest BCUT2D eigenvalue weighted by Gasteiger charge is 2.08. The number of ether oxygens (including phenoxy) is 1. The van der Waals surface area contributed by atoms with Crippen LogP contribution in [0.2, 0.25) is 0 Å². The minimum atomic E-state index is -0.291. The summed E-state index contributed by atoms with van der Waals surface area (Å²) in [7, 11) is 1.40. The maximum Gasteiger partial charge on any atom is 0.337 e. The fourth-order valence-corrected chi connectivity index (χ4v) is 2.04. The second-order valence-electron chi connectivity index (χ2n) is 4.49. The maximum absolute atomic E-state index is 11.3. The number of hydrogen-bond donors (Lipinski definition) is 1. The fraction of sp³-hybridized carbons (Fsp3) is 0.533. The quantitative estimate of drug-likeness (QED) is 0.746. The van der Waals surface area contributed by atoms with Crippen LogP contribution in [0.5, 0.6) is 0 Å². The molecule has 0 radical (unpaired) electrons. The minimum absolute atomic E-state index is 0.291. The van der Waals surface area contributed by atoms with Crippen LogP contribution in [0.1, 0.15) is 49.9 Å². The highest BCUT2D eigenvalue weighted by Crippen LogP contribution is 2.15. The van der Waals surface area contributed by atoms with Crippen molar-refractivity contribution in [2.75, 3.05) is 12.4 Å². The number of methoxy groups -OCH3 is 1. The third-order valence-electron chi connectivity index (χ3n) is 2.95. The fourth-order valence-electron chi connectivity index (χ4n) is 2.04. The molecular formula is C15H23NO2. The number of anilines is 1. The van der Waals surface area contributed by atoms with Gasteiger partial charge in [0, 0.05) is 11.7 Å². The highest BCUT2D eigenvalue weighted by molar-refractivity contribution is 5.89. The van der Waals surface area contributed by atoms with E-state index < -0.39 is 0 Å². The first-order chi connectivity index (χ1) is 8.71. The summed E-state index contributed by atoms with van der Waals surface area (Å²) < 4.78 is 4.68. The number of rotatable bonds is 7. The van der Waals surface area contributed by atoms with E-state index in [4.69, 9.17) is 0 Å². The van der Waals surface area contributed by atoms with Gasteiger partial charge in [0.25, 0.3) is 0 Å². The predicted molar refractivity (Wildman–Crippen MR) is 75.0 cm³/mol. The molecule has 0 amide bonds. The van der Waals surface area contributed by atoms with Crippen LogP contribution in [-0.2, 0) is 4.74 Å². The molecule has 100 valence electrons. The van der Waals surface area contributed by atoms with E-state index in [2.05, 4.69) is 23.9 Å². The average molecular weight is 249 g/mol. The molecule has 0 unspecified atom stereocenters. The van der Waals surface area contributed by atoms with Gasteiger partial charge in [0.15, 0.2) is 0 Å². The van der Waals surface area contributed by atoms with Gasteiger partial charge in [-0.25, -0.2) is 4.79 Å². The molecule has 0 atom stereocenters. The van der Waals surface area contributed by atoms with Gasteiger partial charge in [-0.3, -0.25) is 0 Å². The van der Waals surface area contributed by atoms with Crippen molar-refractivity contribution in [3.8, 4) is 0 Å². The molecule has 1 N–H and O–H groups in total. The van der Waals surface area contributed by atoms with Crippen LogP contribution in [0.3, 0.4) is 0 Å². The lowest BCUT2D eigenvalue weighted by Crippen LogP contribution is -2.18. The van der Waals surface area contributed by atoms with E-state index in [0.29, 0.717) is 11.6 Å².